The molecule has 0 unspecified atom stereocenters. The summed E-state index contributed by atoms with van der Waals surface area (Å²) in [7, 11) is 0. The van der Waals surface area contributed by atoms with Crippen molar-refractivity contribution in [2.45, 2.75) is 0 Å². The lowest BCUT2D eigenvalue weighted by Crippen LogP contribution is -2.36. The number of anilines is 1. The largest absolute Gasteiger partial charge is 0.478 e. The van der Waals surface area contributed by atoms with Crippen molar-refractivity contribution in [3.05, 3.63) is 89.9 Å². The van der Waals surface area contributed by atoms with E-state index in [1.807, 2.05) is 60.7 Å². The molecule has 1 saturated heterocycles. The van der Waals surface area contributed by atoms with Crippen LogP contribution in [0.3, 0.4) is 0 Å². The first-order valence-electron chi connectivity index (χ1n) is 11.8. The van der Waals surface area contributed by atoms with Gasteiger partial charge in [-0.2, -0.15) is 5.10 Å². The lowest BCUT2D eigenvalue weighted by Gasteiger charge is -2.28. The van der Waals surface area contributed by atoms with Crippen LogP contribution in [0.2, 0.25) is 0 Å². The zero-order valence-corrected chi connectivity index (χ0v) is 19.4. The maximum atomic E-state index is 11.7. The number of para-hydroxylation sites is 1. The first kappa shape index (κ1) is 21.9. The summed E-state index contributed by atoms with van der Waals surface area (Å²) in [4.78, 5) is 23.6. The van der Waals surface area contributed by atoms with Crippen LogP contribution in [0.15, 0.2) is 72.9 Å². The predicted molar refractivity (Wildman–Crippen MR) is 139 cm³/mol. The van der Waals surface area contributed by atoms with E-state index in [0.717, 1.165) is 46.6 Å². The molecule has 5 aromatic rings. The quantitative estimate of drug-likeness (QED) is 0.394. The smallest absolute Gasteiger partial charge is 0.335 e. The number of carboxylic acid groups (broad SMARTS) is 1. The van der Waals surface area contributed by atoms with E-state index in [-0.39, 0.29) is 5.56 Å². The lowest BCUT2D eigenvalue weighted by atomic mass is 10.1. The van der Waals surface area contributed by atoms with Gasteiger partial charge in [0.1, 0.15) is 5.69 Å². The third-order valence-electron chi connectivity index (χ3n) is 6.29. The molecule has 0 aliphatic carbocycles. The van der Waals surface area contributed by atoms with E-state index in [2.05, 4.69) is 10.00 Å². The van der Waals surface area contributed by atoms with Crippen molar-refractivity contribution in [3.8, 4) is 11.3 Å². The zero-order chi connectivity index (χ0) is 24.5. The van der Waals surface area contributed by atoms with E-state index < -0.39 is 5.97 Å². The second-order valence-corrected chi connectivity index (χ2v) is 8.55. The van der Waals surface area contributed by atoms with Crippen LogP contribution in [-0.4, -0.2) is 57.0 Å². The Bertz CT molecular complexity index is 1620. The summed E-state index contributed by atoms with van der Waals surface area (Å²) in [6.45, 7) is 2.84. The normalized spacial score (nSPS) is 14.2. The number of benzene rings is 2. The van der Waals surface area contributed by atoms with Gasteiger partial charge in [-0.1, -0.05) is 36.4 Å². The first-order valence-corrected chi connectivity index (χ1v) is 11.8. The van der Waals surface area contributed by atoms with Gasteiger partial charge in [-0.25, -0.2) is 19.3 Å². The van der Waals surface area contributed by atoms with E-state index in [0.29, 0.717) is 24.6 Å². The van der Waals surface area contributed by atoms with Crippen LogP contribution < -0.4 is 4.90 Å². The Labute approximate surface area is 207 Å². The van der Waals surface area contributed by atoms with Crippen molar-refractivity contribution < 1.29 is 14.6 Å². The Kier molecular flexibility index (Phi) is 5.63. The second-order valence-electron chi connectivity index (χ2n) is 8.55. The molecule has 1 aliphatic heterocycles. The Morgan fingerprint density at radius 1 is 0.944 bits per heavy atom. The van der Waals surface area contributed by atoms with E-state index in [9.17, 15) is 9.90 Å². The number of imidazole rings is 1. The third kappa shape index (κ3) is 4.08. The highest BCUT2D eigenvalue weighted by Crippen LogP contribution is 2.31. The fourth-order valence-electron chi connectivity index (χ4n) is 4.53. The minimum absolute atomic E-state index is 0.206. The number of nitrogens with zero attached hydrogens (tertiary/aromatic N) is 5. The molecule has 8 heteroatoms. The van der Waals surface area contributed by atoms with Crippen molar-refractivity contribution in [3.63, 3.8) is 0 Å². The van der Waals surface area contributed by atoms with Crippen LogP contribution in [0.1, 0.15) is 21.7 Å². The summed E-state index contributed by atoms with van der Waals surface area (Å²) in [5, 5.41) is 15.2. The van der Waals surface area contributed by atoms with Gasteiger partial charge in [-0.15, -0.1) is 0 Å². The number of carboxylic acids is 1. The molecule has 8 nitrogen and oxygen atoms in total. The van der Waals surface area contributed by atoms with Gasteiger partial charge in [-0.05, 0) is 42.5 Å². The number of hydrogen-bond donors (Lipinski definition) is 1. The minimum atomic E-state index is -0.981. The summed E-state index contributed by atoms with van der Waals surface area (Å²) >= 11 is 0. The van der Waals surface area contributed by atoms with Gasteiger partial charge in [0.15, 0.2) is 5.65 Å². The predicted octanol–water partition coefficient (Wildman–Crippen LogP) is 4.65. The Morgan fingerprint density at radius 2 is 1.81 bits per heavy atom. The van der Waals surface area contributed by atoms with E-state index in [4.69, 9.17) is 14.7 Å². The van der Waals surface area contributed by atoms with Crippen LogP contribution in [-0.2, 0) is 4.74 Å². The average molecular weight is 478 g/mol. The number of aromatic nitrogens is 4. The molecule has 2 aromatic carbocycles. The zero-order valence-electron chi connectivity index (χ0n) is 19.4. The monoisotopic (exact) mass is 477 g/mol. The summed E-state index contributed by atoms with van der Waals surface area (Å²) < 4.78 is 7.32. The van der Waals surface area contributed by atoms with Crippen LogP contribution >= 0.6 is 0 Å². The van der Waals surface area contributed by atoms with Crippen molar-refractivity contribution in [2.24, 2.45) is 0 Å². The van der Waals surface area contributed by atoms with Gasteiger partial charge in [-0.3, -0.25) is 0 Å². The molecule has 0 bridgehead atoms. The van der Waals surface area contributed by atoms with Gasteiger partial charge < -0.3 is 14.7 Å². The summed E-state index contributed by atoms with van der Waals surface area (Å²) in [5.41, 5.74) is 5.73. The molecule has 1 fully saturated rings. The minimum Gasteiger partial charge on any atom is -0.478 e. The highest BCUT2D eigenvalue weighted by atomic mass is 16.5. The molecular weight excluding hydrogens is 454 g/mol. The van der Waals surface area contributed by atoms with E-state index >= 15 is 0 Å². The van der Waals surface area contributed by atoms with Crippen LogP contribution in [0.5, 0.6) is 0 Å². The standard InChI is InChI=1S/C28H23N5O3/c34-28(35)21-6-3-5-20(18-21)26-24(11-10-22-9-8-19-4-1-2-7-23(19)30-22)31-27-25(12-13-29-33(26)27)32-14-16-36-17-15-32/h1-13,18H,14-17H2,(H,34,35). The number of hydrogen-bond acceptors (Lipinski definition) is 6. The van der Waals surface area contributed by atoms with Gasteiger partial charge >= 0.3 is 5.97 Å². The molecule has 1 N–H and O–H groups in total. The molecular formula is C28H23N5O3. The lowest BCUT2D eigenvalue weighted by molar-refractivity contribution is 0.0697. The van der Waals surface area contributed by atoms with Crippen molar-refractivity contribution in [1.29, 1.82) is 0 Å². The highest BCUT2D eigenvalue weighted by molar-refractivity contribution is 5.91. The molecule has 6 rings (SSSR count). The Balaban J connectivity index is 1.51. The summed E-state index contributed by atoms with van der Waals surface area (Å²) in [6, 6.07) is 20.8. The van der Waals surface area contributed by atoms with Gasteiger partial charge in [0.2, 0.25) is 0 Å². The molecule has 0 spiro atoms. The fourth-order valence-corrected chi connectivity index (χ4v) is 4.53. The second kappa shape index (κ2) is 9.24. The number of carbonyl (C=O) groups is 1. The van der Waals surface area contributed by atoms with E-state index in [1.165, 1.54) is 0 Å². The number of pyridine rings is 1. The van der Waals surface area contributed by atoms with Gasteiger partial charge in [0.25, 0.3) is 0 Å². The van der Waals surface area contributed by atoms with Crippen LogP contribution in [0.25, 0.3) is 40.0 Å². The van der Waals surface area contributed by atoms with Gasteiger partial charge in [0.05, 0.1) is 47.6 Å². The number of aromatic carboxylic acids is 1. The number of morpholine rings is 1. The Hall–Kier alpha value is -4.56. The molecule has 0 atom stereocenters. The topological polar surface area (TPSA) is 92.8 Å². The third-order valence-corrected chi connectivity index (χ3v) is 6.29. The van der Waals surface area contributed by atoms with Crippen molar-refractivity contribution in [2.75, 3.05) is 31.2 Å². The van der Waals surface area contributed by atoms with Gasteiger partial charge in [0, 0.05) is 24.0 Å². The Morgan fingerprint density at radius 3 is 2.67 bits per heavy atom. The molecule has 36 heavy (non-hydrogen) atoms. The molecule has 0 amide bonds. The number of fused-ring (bicyclic) bond motifs is 2. The van der Waals surface area contributed by atoms with Crippen LogP contribution in [0.4, 0.5) is 5.69 Å². The fraction of sp³-hybridized carbons (Fsp3) is 0.143. The molecule has 0 saturated carbocycles. The maximum absolute atomic E-state index is 11.7. The molecule has 0 radical (unpaired) electrons. The van der Waals surface area contributed by atoms with Crippen LogP contribution in [0, 0.1) is 0 Å². The first-order chi connectivity index (χ1) is 17.7. The van der Waals surface area contributed by atoms with E-state index in [1.54, 1.807) is 28.9 Å². The van der Waals surface area contributed by atoms with Crippen molar-refractivity contribution >= 4 is 40.4 Å². The SMILES string of the molecule is O=C(O)c1cccc(-c2c(C=Cc3ccc4ccccc4n3)nc3c(N4CCOCC4)ccnn23)c1. The summed E-state index contributed by atoms with van der Waals surface area (Å²) in [5.74, 6) is -0.981. The molecule has 3 aromatic heterocycles. The highest BCUT2D eigenvalue weighted by Gasteiger charge is 2.21. The maximum Gasteiger partial charge on any atom is 0.335 e. The molecule has 1 aliphatic rings. The number of rotatable bonds is 5. The molecule has 178 valence electrons. The molecule has 4 heterocycles. The average Bonchev–Trinajstić information content (AvgIpc) is 3.31. The van der Waals surface area contributed by atoms with Crippen molar-refractivity contribution in [1.82, 2.24) is 19.6 Å². The number of ether oxygens (including phenoxy) is 1. The summed E-state index contributed by atoms with van der Waals surface area (Å²) in [6.07, 6.45) is 5.59.